The fraction of sp³-hybridized carbons (Fsp3) is 0.562. The molecule has 108 valence electrons. The van der Waals surface area contributed by atoms with E-state index in [-0.39, 0.29) is 11.8 Å². The van der Waals surface area contributed by atoms with E-state index in [0.717, 1.165) is 23.4 Å². The van der Waals surface area contributed by atoms with Gasteiger partial charge in [0.05, 0.1) is 6.61 Å². The smallest absolute Gasteiger partial charge is 0.223 e. The van der Waals surface area contributed by atoms with Crippen LogP contribution in [0, 0.1) is 11.8 Å². The van der Waals surface area contributed by atoms with Crippen LogP contribution in [-0.2, 0) is 9.53 Å². The minimum Gasteiger partial charge on any atom is -0.379 e. The van der Waals surface area contributed by atoms with Crippen molar-refractivity contribution in [3.05, 3.63) is 34.3 Å². The monoisotopic (exact) mass is 337 g/mol. The third-order valence-corrected chi connectivity index (χ3v) is 4.49. The molecule has 1 aromatic carbocycles. The van der Waals surface area contributed by atoms with E-state index >= 15 is 0 Å². The zero-order valence-electron chi connectivity index (χ0n) is 11.5. The van der Waals surface area contributed by atoms with E-state index in [0.29, 0.717) is 19.1 Å². The van der Waals surface area contributed by atoms with Crippen LogP contribution >= 0.6 is 15.9 Å². The van der Waals surface area contributed by atoms with Gasteiger partial charge >= 0.3 is 0 Å². The molecular formula is C16H20BrNO2. The van der Waals surface area contributed by atoms with Gasteiger partial charge in [0.15, 0.2) is 0 Å². The van der Waals surface area contributed by atoms with Crippen LogP contribution in [0.2, 0.25) is 0 Å². The average Bonchev–Trinajstić information content (AvgIpc) is 3.32. The van der Waals surface area contributed by atoms with Crippen molar-refractivity contribution in [1.82, 2.24) is 5.32 Å². The standard InChI is InChI=1S/C16H20BrNO2/c17-13-3-1-2-12(8-13)14-9-15(14)16(19)18-6-7-20-10-11-4-5-11/h1-3,8,11,14-15H,4-7,9-10H2,(H,18,19). The third kappa shape index (κ3) is 3.83. The number of benzene rings is 1. The molecule has 0 radical (unpaired) electrons. The summed E-state index contributed by atoms with van der Waals surface area (Å²) < 4.78 is 6.59. The molecule has 0 aromatic heterocycles. The average molecular weight is 338 g/mol. The van der Waals surface area contributed by atoms with Gasteiger partial charge in [0.25, 0.3) is 0 Å². The number of nitrogens with one attached hydrogen (secondary N) is 1. The first kappa shape index (κ1) is 14.1. The van der Waals surface area contributed by atoms with E-state index in [1.165, 1.54) is 18.4 Å². The molecule has 1 aromatic rings. The van der Waals surface area contributed by atoms with Gasteiger partial charge in [-0.15, -0.1) is 0 Å². The molecule has 0 heterocycles. The predicted molar refractivity (Wildman–Crippen MR) is 81.5 cm³/mol. The minimum absolute atomic E-state index is 0.146. The van der Waals surface area contributed by atoms with Crippen molar-refractivity contribution in [2.75, 3.05) is 19.8 Å². The molecule has 2 aliphatic carbocycles. The summed E-state index contributed by atoms with van der Waals surface area (Å²) in [5, 5.41) is 2.98. The molecule has 2 fully saturated rings. The molecule has 20 heavy (non-hydrogen) atoms. The van der Waals surface area contributed by atoms with Crippen LogP contribution in [0.25, 0.3) is 0 Å². The lowest BCUT2D eigenvalue weighted by molar-refractivity contribution is -0.122. The summed E-state index contributed by atoms with van der Waals surface area (Å²) in [5.41, 5.74) is 1.25. The Hall–Kier alpha value is -0.870. The van der Waals surface area contributed by atoms with Gasteiger partial charge in [0.2, 0.25) is 5.91 Å². The molecule has 3 nitrogen and oxygen atoms in total. The highest BCUT2D eigenvalue weighted by atomic mass is 79.9. The van der Waals surface area contributed by atoms with Crippen LogP contribution in [0.4, 0.5) is 0 Å². The number of hydrogen-bond acceptors (Lipinski definition) is 2. The zero-order valence-corrected chi connectivity index (χ0v) is 13.1. The number of carbonyl (C=O) groups is 1. The number of hydrogen-bond donors (Lipinski definition) is 1. The highest BCUT2D eigenvalue weighted by Crippen LogP contribution is 2.47. The van der Waals surface area contributed by atoms with Crippen molar-refractivity contribution in [1.29, 1.82) is 0 Å². The van der Waals surface area contributed by atoms with Gasteiger partial charge in [0.1, 0.15) is 0 Å². The molecule has 1 amide bonds. The first-order valence-electron chi connectivity index (χ1n) is 7.35. The van der Waals surface area contributed by atoms with E-state index < -0.39 is 0 Å². The first-order valence-corrected chi connectivity index (χ1v) is 8.14. The van der Waals surface area contributed by atoms with E-state index in [4.69, 9.17) is 4.74 Å². The summed E-state index contributed by atoms with van der Waals surface area (Å²) in [6.45, 7) is 2.13. The Labute approximate surface area is 128 Å². The van der Waals surface area contributed by atoms with E-state index in [9.17, 15) is 4.79 Å². The van der Waals surface area contributed by atoms with Crippen molar-refractivity contribution in [3.8, 4) is 0 Å². The Morgan fingerprint density at radius 3 is 3.00 bits per heavy atom. The number of amides is 1. The minimum atomic E-state index is 0.146. The Kier molecular flexibility index (Phi) is 4.41. The molecule has 3 rings (SSSR count). The van der Waals surface area contributed by atoms with Crippen LogP contribution in [0.1, 0.15) is 30.7 Å². The van der Waals surface area contributed by atoms with Gasteiger partial charge in [0, 0.05) is 23.5 Å². The second-order valence-electron chi connectivity index (χ2n) is 5.81. The van der Waals surface area contributed by atoms with Crippen LogP contribution in [-0.4, -0.2) is 25.7 Å². The fourth-order valence-electron chi connectivity index (χ4n) is 2.50. The van der Waals surface area contributed by atoms with Crippen LogP contribution in [0.15, 0.2) is 28.7 Å². The number of halogens is 1. The number of ether oxygens (including phenoxy) is 1. The highest BCUT2D eigenvalue weighted by Gasteiger charge is 2.43. The Balaban J connectivity index is 1.36. The second-order valence-corrected chi connectivity index (χ2v) is 6.73. The quantitative estimate of drug-likeness (QED) is 0.776. The zero-order chi connectivity index (χ0) is 13.9. The summed E-state index contributed by atoms with van der Waals surface area (Å²) in [4.78, 5) is 12.0. The third-order valence-electron chi connectivity index (χ3n) is 4.00. The molecule has 1 N–H and O–H groups in total. The van der Waals surface area contributed by atoms with Gasteiger partial charge in [-0.25, -0.2) is 0 Å². The van der Waals surface area contributed by atoms with Gasteiger partial charge < -0.3 is 10.1 Å². The maximum atomic E-state index is 12.0. The molecule has 0 saturated heterocycles. The molecule has 2 saturated carbocycles. The number of rotatable bonds is 7. The van der Waals surface area contributed by atoms with Crippen molar-refractivity contribution >= 4 is 21.8 Å². The van der Waals surface area contributed by atoms with Gasteiger partial charge in [-0.05, 0) is 48.8 Å². The van der Waals surface area contributed by atoms with E-state index in [2.05, 4.69) is 33.4 Å². The molecular weight excluding hydrogens is 318 g/mol. The Morgan fingerprint density at radius 1 is 1.40 bits per heavy atom. The fourth-order valence-corrected chi connectivity index (χ4v) is 2.92. The molecule has 0 aliphatic heterocycles. The summed E-state index contributed by atoms with van der Waals surface area (Å²) in [7, 11) is 0. The second kappa shape index (κ2) is 6.27. The maximum Gasteiger partial charge on any atom is 0.223 e. The number of carbonyl (C=O) groups excluding carboxylic acids is 1. The lowest BCUT2D eigenvalue weighted by Gasteiger charge is -2.06. The molecule has 0 bridgehead atoms. The maximum absolute atomic E-state index is 12.0. The highest BCUT2D eigenvalue weighted by molar-refractivity contribution is 9.10. The van der Waals surface area contributed by atoms with Gasteiger partial charge in [-0.3, -0.25) is 4.79 Å². The lowest BCUT2D eigenvalue weighted by atomic mass is 10.1. The lowest BCUT2D eigenvalue weighted by Crippen LogP contribution is -2.29. The van der Waals surface area contributed by atoms with Crippen LogP contribution in [0.5, 0.6) is 0 Å². The molecule has 4 heteroatoms. The van der Waals surface area contributed by atoms with E-state index in [1.54, 1.807) is 0 Å². The Bertz CT molecular complexity index is 487. The summed E-state index contributed by atoms with van der Waals surface area (Å²) in [6.07, 6.45) is 3.58. The summed E-state index contributed by atoms with van der Waals surface area (Å²) in [5.74, 6) is 1.49. The molecule has 2 atom stereocenters. The van der Waals surface area contributed by atoms with Crippen molar-refractivity contribution in [2.45, 2.75) is 25.2 Å². The SMILES string of the molecule is O=C(NCCOCC1CC1)C1CC1c1cccc(Br)c1. The molecule has 0 spiro atoms. The van der Waals surface area contributed by atoms with Gasteiger partial charge in [-0.2, -0.15) is 0 Å². The van der Waals surface area contributed by atoms with Crippen LogP contribution < -0.4 is 5.32 Å². The Morgan fingerprint density at radius 2 is 2.25 bits per heavy atom. The molecule has 2 unspecified atom stereocenters. The van der Waals surface area contributed by atoms with Crippen molar-refractivity contribution in [3.63, 3.8) is 0 Å². The predicted octanol–water partition coefficient (Wildman–Crippen LogP) is 3.10. The van der Waals surface area contributed by atoms with E-state index in [1.807, 2.05) is 12.1 Å². The van der Waals surface area contributed by atoms with Crippen molar-refractivity contribution in [2.24, 2.45) is 11.8 Å². The normalized spacial score (nSPS) is 24.4. The molecule has 2 aliphatic rings. The van der Waals surface area contributed by atoms with Crippen LogP contribution in [0.3, 0.4) is 0 Å². The van der Waals surface area contributed by atoms with Gasteiger partial charge in [-0.1, -0.05) is 28.1 Å². The van der Waals surface area contributed by atoms with Crippen molar-refractivity contribution < 1.29 is 9.53 Å². The summed E-state index contributed by atoms with van der Waals surface area (Å²) in [6, 6.07) is 8.24. The first-order chi connectivity index (χ1) is 9.74. The summed E-state index contributed by atoms with van der Waals surface area (Å²) >= 11 is 3.47. The largest absolute Gasteiger partial charge is 0.379 e. The topological polar surface area (TPSA) is 38.3 Å².